The number of halogens is 2. The molecule has 1 saturated heterocycles. The second-order valence-corrected chi connectivity index (χ2v) is 10.7. The van der Waals surface area contributed by atoms with Gasteiger partial charge in [0.25, 0.3) is 4.74 Å². The topological polar surface area (TPSA) is 96.2 Å². The highest BCUT2D eigenvalue weighted by Gasteiger charge is 2.19. The Balaban J connectivity index is 1.39. The van der Waals surface area contributed by atoms with Crippen LogP contribution in [0.5, 0.6) is 0 Å². The summed E-state index contributed by atoms with van der Waals surface area (Å²) in [5, 5.41) is 2.98. The summed E-state index contributed by atoms with van der Waals surface area (Å²) in [6.45, 7) is 11.6. The van der Waals surface area contributed by atoms with Gasteiger partial charge in [-0.15, -0.1) is 0 Å². The van der Waals surface area contributed by atoms with Gasteiger partial charge in [0.1, 0.15) is 17.3 Å². The van der Waals surface area contributed by atoms with Crippen molar-refractivity contribution in [2.45, 2.75) is 33.4 Å². The summed E-state index contributed by atoms with van der Waals surface area (Å²) >= 11 is 0.536. The van der Waals surface area contributed by atoms with Gasteiger partial charge in [0.05, 0.1) is 16.4 Å². The number of rotatable bonds is 7. The summed E-state index contributed by atoms with van der Waals surface area (Å²) in [5.74, 6) is -0.926. The van der Waals surface area contributed by atoms with Crippen molar-refractivity contribution >= 4 is 33.3 Å². The number of fused-ring (bicyclic) bond motifs is 1. The van der Waals surface area contributed by atoms with Crippen molar-refractivity contribution in [2.24, 2.45) is 0 Å². The van der Waals surface area contributed by atoms with Gasteiger partial charge in [-0.3, -0.25) is 14.5 Å². The van der Waals surface area contributed by atoms with Gasteiger partial charge in [0.15, 0.2) is 5.82 Å². The van der Waals surface area contributed by atoms with E-state index < -0.39 is 28.0 Å². The van der Waals surface area contributed by atoms with Crippen molar-refractivity contribution in [3.63, 3.8) is 0 Å². The maximum atomic E-state index is 15.1. The van der Waals surface area contributed by atoms with Crippen molar-refractivity contribution in [1.29, 1.82) is 0 Å². The Bertz CT molecular complexity index is 1610. The second kappa shape index (κ2) is 11.2. The molecule has 0 atom stereocenters. The average molecular weight is 554 g/mol. The second-order valence-electron chi connectivity index (χ2n) is 9.74. The Kier molecular flexibility index (Phi) is 7.78. The van der Waals surface area contributed by atoms with E-state index in [1.165, 1.54) is 10.6 Å². The van der Waals surface area contributed by atoms with Crippen LogP contribution < -0.4 is 15.6 Å². The molecule has 39 heavy (non-hydrogen) atoms. The van der Waals surface area contributed by atoms with Crippen LogP contribution in [0.1, 0.15) is 32.4 Å². The third-order valence-electron chi connectivity index (χ3n) is 6.79. The molecule has 0 bridgehead atoms. The summed E-state index contributed by atoms with van der Waals surface area (Å²) in [7, 11) is 0. The maximum Gasteiger partial charge on any atom is 0.309 e. The van der Waals surface area contributed by atoms with Crippen LogP contribution in [0.2, 0.25) is 0 Å². The van der Waals surface area contributed by atoms with E-state index in [2.05, 4.69) is 37.0 Å². The van der Waals surface area contributed by atoms with Gasteiger partial charge in [-0.25, -0.2) is 23.7 Å². The Hall–Kier alpha value is -3.61. The summed E-state index contributed by atoms with van der Waals surface area (Å²) in [5.41, 5.74) is 0.512. The van der Waals surface area contributed by atoms with Gasteiger partial charge in [-0.05, 0) is 44.2 Å². The fraction of sp³-hybridized carbons (Fsp3) is 0.370. The first-order valence-corrected chi connectivity index (χ1v) is 13.6. The molecule has 0 radical (unpaired) electrons. The van der Waals surface area contributed by atoms with Crippen molar-refractivity contribution in [2.75, 3.05) is 38.0 Å². The first-order valence-electron chi connectivity index (χ1n) is 12.8. The normalized spacial score (nSPS) is 14.8. The molecular formula is C27H29F2N7O2S. The summed E-state index contributed by atoms with van der Waals surface area (Å²) in [6.07, 6.45) is 2.78. The molecule has 1 aromatic carbocycles. The molecule has 1 aliphatic heterocycles. The lowest BCUT2D eigenvalue weighted by atomic mass is 10.1. The van der Waals surface area contributed by atoms with Crippen LogP contribution in [0.15, 0.2) is 46.2 Å². The van der Waals surface area contributed by atoms with E-state index in [1.807, 2.05) is 12.1 Å². The maximum absolute atomic E-state index is 15.1. The molecule has 0 aliphatic carbocycles. The third kappa shape index (κ3) is 5.72. The van der Waals surface area contributed by atoms with E-state index in [9.17, 15) is 14.0 Å². The van der Waals surface area contributed by atoms with Crippen molar-refractivity contribution in [1.82, 2.24) is 29.3 Å². The molecule has 4 heterocycles. The van der Waals surface area contributed by atoms with Crippen LogP contribution in [0.4, 0.5) is 20.5 Å². The number of aromatic nitrogens is 4. The van der Waals surface area contributed by atoms with E-state index in [-0.39, 0.29) is 27.4 Å². The molecule has 0 spiro atoms. The number of benzene rings is 1. The van der Waals surface area contributed by atoms with E-state index in [0.717, 1.165) is 57.1 Å². The highest BCUT2D eigenvalue weighted by molar-refractivity contribution is 7.16. The van der Waals surface area contributed by atoms with Crippen LogP contribution in [-0.4, -0.2) is 62.0 Å². The Morgan fingerprint density at radius 2 is 1.74 bits per heavy atom. The summed E-state index contributed by atoms with van der Waals surface area (Å²) < 4.78 is 30.4. The Labute approximate surface area is 227 Å². The lowest BCUT2D eigenvalue weighted by Crippen LogP contribution is -2.45. The molecule has 1 fully saturated rings. The highest BCUT2D eigenvalue weighted by atomic mass is 32.1. The quantitative estimate of drug-likeness (QED) is 0.343. The number of nitrogens with zero attached hydrogens (tertiary/aromatic N) is 6. The average Bonchev–Trinajstić information content (AvgIpc) is 2.92. The minimum atomic E-state index is -0.764. The molecular weight excluding hydrogens is 524 g/mol. The number of anilines is 2. The molecule has 1 aliphatic rings. The molecule has 9 nitrogen and oxygen atoms in total. The first-order chi connectivity index (χ1) is 18.7. The zero-order valence-electron chi connectivity index (χ0n) is 21.9. The zero-order valence-corrected chi connectivity index (χ0v) is 22.8. The summed E-state index contributed by atoms with van der Waals surface area (Å²) in [4.78, 5) is 42.1. The van der Waals surface area contributed by atoms with Gasteiger partial charge >= 0.3 is 5.56 Å². The summed E-state index contributed by atoms with van der Waals surface area (Å²) in [6, 6.07) is 5.96. The van der Waals surface area contributed by atoms with Gasteiger partial charge in [-0.1, -0.05) is 24.3 Å². The third-order valence-corrected chi connectivity index (χ3v) is 7.76. The SMILES string of the molecule is CCN1CCN(Cc2ccc(Nc3ncc(F)c(-c4cc(F)c5sc(=O)c(=O)n(C(C)C)c5c4)n3)nc2)CC1. The Morgan fingerprint density at radius 1 is 1.00 bits per heavy atom. The van der Waals surface area contributed by atoms with E-state index >= 15 is 4.39 Å². The van der Waals surface area contributed by atoms with E-state index in [1.54, 1.807) is 20.0 Å². The van der Waals surface area contributed by atoms with Crippen molar-refractivity contribution in [3.05, 3.63) is 73.7 Å². The number of hydrogen-bond donors (Lipinski definition) is 1. The van der Waals surface area contributed by atoms with Crippen LogP contribution in [0, 0.1) is 11.6 Å². The lowest BCUT2D eigenvalue weighted by molar-refractivity contribution is 0.132. The largest absolute Gasteiger partial charge is 0.309 e. The predicted octanol–water partition coefficient (Wildman–Crippen LogP) is 4.02. The number of hydrogen-bond acceptors (Lipinski definition) is 9. The number of nitrogens with one attached hydrogen (secondary N) is 1. The number of piperazine rings is 1. The molecule has 0 saturated carbocycles. The van der Waals surface area contributed by atoms with Gasteiger partial charge in [-0.2, -0.15) is 0 Å². The number of pyridine rings is 1. The minimum absolute atomic E-state index is 0.0291. The van der Waals surface area contributed by atoms with Crippen LogP contribution >= 0.6 is 11.3 Å². The monoisotopic (exact) mass is 553 g/mol. The fourth-order valence-electron chi connectivity index (χ4n) is 4.71. The van der Waals surface area contributed by atoms with Crippen molar-refractivity contribution in [3.8, 4) is 11.3 Å². The lowest BCUT2D eigenvalue weighted by Gasteiger charge is -2.33. The molecule has 204 valence electrons. The van der Waals surface area contributed by atoms with E-state index in [0.29, 0.717) is 17.2 Å². The minimum Gasteiger partial charge on any atom is -0.309 e. The van der Waals surface area contributed by atoms with Gasteiger partial charge in [0.2, 0.25) is 5.95 Å². The number of likely N-dealkylation sites (N-methyl/N-ethyl adjacent to an activating group) is 1. The van der Waals surface area contributed by atoms with E-state index in [4.69, 9.17) is 0 Å². The van der Waals surface area contributed by atoms with Crippen molar-refractivity contribution < 1.29 is 8.78 Å². The smallest absolute Gasteiger partial charge is 0.309 e. The molecule has 4 aromatic rings. The standard InChI is InChI=1S/C27H29F2N7O2S/c1-4-34-7-9-35(10-8-34)15-17-5-6-22(30-13-17)32-27-31-14-20(29)23(33-27)18-11-19(28)24-21(12-18)36(16(2)3)25(37)26(38)39-24/h5-6,11-14,16H,4,7-10,15H2,1-3H3,(H,30,31,32,33). The van der Waals surface area contributed by atoms with Crippen LogP contribution in [0.3, 0.4) is 0 Å². The predicted molar refractivity (Wildman–Crippen MR) is 149 cm³/mol. The van der Waals surface area contributed by atoms with Gasteiger partial charge in [0, 0.05) is 50.5 Å². The van der Waals surface area contributed by atoms with Gasteiger partial charge < -0.3 is 14.8 Å². The Morgan fingerprint density at radius 3 is 2.41 bits per heavy atom. The molecule has 0 unspecified atom stereocenters. The molecule has 12 heteroatoms. The first kappa shape index (κ1) is 27.0. The highest BCUT2D eigenvalue weighted by Crippen LogP contribution is 2.30. The molecule has 0 amide bonds. The molecule has 5 rings (SSSR count). The van der Waals surface area contributed by atoms with Crippen LogP contribution in [0.25, 0.3) is 21.5 Å². The van der Waals surface area contributed by atoms with Crippen LogP contribution in [-0.2, 0) is 6.54 Å². The molecule has 1 N–H and O–H groups in total. The molecule has 3 aromatic heterocycles. The fourth-order valence-corrected chi connectivity index (χ4v) is 5.50. The zero-order chi connectivity index (χ0) is 27.7.